The summed E-state index contributed by atoms with van der Waals surface area (Å²) in [5, 5.41) is 6.81. The number of nitrogen functional groups attached to an aromatic ring is 1. The number of nitrogens with one attached hydrogen (secondary N) is 1. The molecule has 5 nitrogen and oxygen atoms in total. The van der Waals surface area contributed by atoms with Crippen LogP contribution in [0.2, 0.25) is 0 Å². The topological polar surface area (TPSA) is 80.9 Å². The number of aryl methyl sites for hydroxylation is 1. The molecule has 1 amide bonds. The van der Waals surface area contributed by atoms with Gasteiger partial charge in [0.1, 0.15) is 4.88 Å². The van der Waals surface area contributed by atoms with Gasteiger partial charge < -0.3 is 11.1 Å². The lowest BCUT2D eigenvalue weighted by Crippen LogP contribution is -2.13. The fourth-order valence-electron chi connectivity index (χ4n) is 1.64. The number of carbonyl (C=O) groups excluding carboxylic acids is 1. The predicted molar refractivity (Wildman–Crippen MR) is 77.5 cm³/mol. The van der Waals surface area contributed by atoms with Gasteiger partial charge in [-0.25, -0.2) is 0 Å². The Morgan fingerprint density at radius 3 is 2.79 bits per heavy atom. The van der Waals surface area contributed by atoms with E-state index in [1.165, 1.54) is 0 Å². The van der Waals surface area contributed by atoms with Crippen LogP contribution in [0.3, 0.4) is 0 Å². The van der Waals surface area contributed by atoms with E-state index in [9.17, 15) is 4.79 Å². The standard InChI is InChI=1S/C13H16N4OS/c1-7(2)11-12(19-17-16-11)13(18)15-9-5-4-8(3)10(14)6-9/h4-7H,14H2,1-3H3,(H,15,18). The molecule has 0 bridgehead atoms. The van der Waals surface area contributed by atoms with Crippen molar-refractivity contribution in [3.05, 3.63) is 34.3 Å². The van der Waals surface area contributed by atoms with Crippen LogP contribution in [0.25, 0.3) is 0 Å². The SMILES string of the molecule is Cc1ccc(NC(=O)c2snnc2C(C)C)cc1N. The number of nitrogens with two attached hydrogens (primary N) is 1. The van der Waals surface area contributed by atoms with Gasteiger partial charge in [-0.2, -0.15) is 0 Å². The summed E-state index contributed by atoms with van der Waals surface area (Å²) in [6, 6.07) is 5.45. The zero-order valence-corrected chi connectivity index (χ0v) is 11.9. The Hall–Kier alpha value is -1.95. The average Bonchev–Trinajstić information content (AvgIpc) is 2.83. The summed E-state index contributed by atoms with van der Waals surface area (Å²) >= 11 is 1.11. The molecule has 19 heavy (non-hydrogen) atoms. The third-order valence-electron chi connectivity index (χ3n) is 2.80. The first-order chi connectivity index (χ1) is 8.99. The fourth-order valence-corrected chi connectivity index (χ4v) is 2.35. The minimum atomic E-state index is -0.193. The van der Waals surface area contributed by atoms with E-state index in [1.807, 2.05) is 32.9 Å². The molecule has 1 aromatic heterocycles. The molecule has 100 valence electrons. The summed E-state index contributed by atoms with van der Waals surface area (Å²) in [7, 11) is 0. The fraction of sp³-hybridized carbons (Fsp3) is 0.308. The molecule has 0 atom stereocenters. The maximum absolute atomic E-state index is 12.2. The molecular weight excluding hydrogens is 260 g/mol. The van der Waals surface area contributed by atoms with Crippen molar-refractivity contribution in [2.24, 2.45) is 0 Å². The molecule has 6 heteroatoms. The van der Waals surface area contributed by atoms with Gasteiger partial charge in [0.05, 0.1) is 5.69 Å². The Bertz CT molecular complexity index is 606. The smallest absolute Gasteiger partial charge is 0.269 e. The molecular formula is C13H16N4OS. The third kappa shape index (κ3) is 2.90. The van der Waals surface area contributed by atoms with Crippen molar-refractivity contribution in [3.63, 3.8) is 0 Å². The number of aromatic nitrogens is 2. The molecule has 0 aliphatic carbocycles. The Balaban J connectivity index is 2.21. The van der Waals surface area contributed by atoms with Crippen LogP contribution >= 0.6 is 11.5 Å². The van der Waals surface area contributed by atoms with Gasteiger partial charge in [-0.15, -0.1) is 5.10 Å². The number of hydrogen-bond donors (Lipinski definition) is 2. The highest BCUT2D eigenvalue weighted by Crippen LogP contribution is 2.22. The lowest BCUT2D eigenvalue weighted by molar-refractivity contribution is 0.102. The Morgan fingerprint density at radius 2 is 2.16 bits per heavy atom. The first-order valence-corrected chi connectivity index (χ1v) is 6.76. The van der Waals surface area contributed by atoms with Crippen molar-refractivity contribution in [2.75, 3.05) is 11.1 Å². The van der Waals surface area contributed by atoms with Crippen molar-refractivity contribution in [1.82, 2.24) is 9.59 Å². The van der Waals surface area contributed by atoms with E-state index in [0.29, 0.717) is 16.3 Å². The van der Waals surface area contributed by atoms with Crippen molar-refractivity contribution >= 4 is 28.8 Å². The molecule has 0 radical (unpaired) electrons. The molecule has 0 saturated heterocycles. The summed E-state index contributed by atoms with van der Waals surface area (Å²) in [5.41, 5.74) is 8.86. The molecule has 1 heterocycles. The number of rotatable bonds is 3. The predicted octanol–water partition coefficient (Wildman–Crippen LogP) is 2.80. The number of amides is 1. The lowest BCUT2D eigenvalue weighted by Gasteiger charge is -2.08. The van der Waals surface area contributed by atoms with Crippen LogP contribution in [0.1, 0.15) is 40.7 Å². The molecule has 2 aromatic rings. The maximum atomic E-state index is 12.2. The van der Waals surface area contributed by atoms with Gasteiger partial charge >= 0.3 is 0 Å². The summed E-state index contributed by atoms with van der Waals surface area (Å²) < 4.78 is 3.84. The van der Waals surface area contributed by atoms with Crippen LogP contribution in [-0.2, 0) is 0 Å². The van der Waals surface area contributed by atoms with Gasteiger partial charge in [-0.1, -0.05) is 24.4 Å². The molecule has 2 rings (SSSR count). The number of benzene rings is 1. The largest absolute Gasteiger partial charge is 0.398 e. The minimum Gasteiger partial charge on any atom is -0.398 e. The minimum absolute atomic E-state index is 0.169. The zero-order valence-electron chi connectivity index (χ0n) is 11.1. The van der Waals surface area contributed by atoms with Crippen molar-refractivity contribution in [2.45, 2.75) is 26.7 Å². The highest BCUT2D eigenvalue weighted by atomic mass is 32.1. The summed E-state index contributed by atoms with van der Waals surface area (Å²) in [6.45, 7) is 5.89. The number of carbonyl (C=O) groups is 1. The van der Waals surface area contributed by atoms with Gasteiger partial charge in [0.15, 0.2) is 0 Å². The average molecular weight is 276 g/mol. The highest BCUT2D eigenvalue weighted by molar-refractivity contribution is 7.08. The van der Waals surface area contributed by atoms with Crippen LogP contribution in [0.15, 0.2) is 18.2 Å². The molecule has 3 N–H and O–H groups in total. The molecule has 0 saturated carbocycles. The summed E-state index contributed by atoms with van der Waals surface area (Å²) in [5.74, 6) is -0.0236. The molecule has 0 unspecified atom stereocenters. The van der Waals surface area contributed by atoms with Crippen LogP contribution in [-0.4, -0.2) is 15.5 Å². The second-order valence-electron chi connectivity index (χ2n) is 4.67. The summed E-state index contributed by atoms with van der Waals surface area (Å²) in [6.07, 6.45) is 0. The Kier molecular flexibility index (Phi) is 3.80. The van der Waals surface area contributed by atoms with E-state index >= 15 is 0 Å². The number of nitrogens with zero attached hydrogens (tertiary/aromatic N) is 2. The van der Waals surface area contributed by atoms with Gasteiger partial charge in [-0.3, -0.25) is 4.79 Å². The van der Waals surface area contributed by atoms with Crippen LogP contribution in [0, 0.1) is 6.92 Å². The van der Waals surface area contributed by atoms with E-state index in [0.717, 1.165) is 22.8 Å². The number of anilines is 2. The lowest BCUT2D eigenvalue weighted by atomic mass is 10.1. The van der Waals surface area contributed by atoms with Gasteiger partial charge in [0.2, 0.25) is 0 Å². The molecule has 0 aliphatic rings. The van der Waals surface area contributed by atoms with Crippen molar-refractivity contribution < 1.29 is 4.79 Å². The van der Waals surface area contributed by atoms with E-state index < -0.39 is 0 Å². The first kappa shape index (κ1) is 13.5. The summed E-state index contributed by atoms with van der Waals surface area (Å²) in [4.78, 5) is 12.7. The molecule has 0 spiro atoms. The second kappa shape index (κ2) is 5.36. The van der Waals surface area contributed by atoms with E-state index in [1.54, 1.807) is 6.07 Å². The maximum Gasteiger partial charge on any atom is 0.269 e. The van der Waals surface area contributed by atoms with Gasteiger partial charge in [-0.05, 0) is 42.1 Å². The quantitative estimate of drug-likeness (QED) is 0.845. The van der Waals surface area contributed by atoms with Crippen molar-refractivity contribution in [3.8, 4) is 0 Å². The highest BCUT2D eigenvalue weighted by Gasteiger charge is 2.18. The Labute approximate surface area is 116 Å². The first-order valence-electron chi connectivity index (χ1n) is 5.98. The van der Waals surface area contributed by atoms with E-state index in [4.69, 9.17) is 5.73 Å². The van der Waals surface area contributed by atoms with Gasteiger partial charge in [0, 0.05) is 11.4 Å². The van der Waals surface area contributed by atoms with Crippen LogP contribution in [0.4, 0.5) is 11.4 Å². The molecule has 0 fully saturated rings. The van der Waals surface area contributed by atoms with Crippen LogP contribution in [0.5, 0.6) is 0 Å². The molecule has 0 aliphatic heterocycles. The zero-order chi connectivity index (χ0) is 14.0. The Morgan fingerprint density at radius 1 is 1.42 bits per heavy atom. The monoisotopic (exact) mass is 276 g/mol. The normalized spacial score (nSPS) is 10.7. The second-order valence-corrected chi connectivity index (χ2v) is 5.42. The van der Waals surface area contributed by atoms with E-state index in [-0.39, 0.29) is 11.8 Å². The molecule has 1 aromatic carbocycles. The van der Waals surface area contributed by atoms with Crippen LogP contribution < -0.4 is 11.1 Å². The number of hydrogen-bond acceptors (Lipinski definition) is 5. The van der Waals surface area contributed by atoms with Crippen molar-refractivity contribution in [1.29, 1.82) is 0 Å². The van der Waals surface area contributed by atoms with E-state index in [2.05, 4.69) is 14.9 Å². The van der Waals surface area contributed by atoms with Gasteiger partial charge in [0.25, 0.3) is 5.91 Å². The third-order valence-corrected chi connectivity index (χ3v) is 3.54.